The molecule has 0 radical (unpaired) electrons. The number of carbonyl (C=O) groups is 2. The number of hydrogen-bond donors (Lipinski definition) is 2. The van der Waals surface area contributed by atoms with Crippen LogP contribution >= 0.6 is 11.6 Å². The molecule has 256 valence electrons. The number of sulfonamides is 1. The fourth-order valence-electron chi connectivity index (χ4n) is 6.99. The predicted octanol–water partition coefficient (Wildman–Crippen LogP) is 6.00. The molecule has 0 bridgehead atoms. The highest BCUT2D eigenvalue weighted by atomic mass is 35.5. The Bertz CT molecular complexity index is 2000. The van der Waals surface area contributed by atoms with Crippen LogP contribution in [0.15, 0.2) is 96.2 Å². The van der Waals surface area contributed by atoms with Gasteiger partial charge in [-0.3, -0.25) is 9.78 Å². The molecule has 1 aromatic heterocycles. The summed E-state index contributed by atoms with van der Waals surface area (Å²) in [5, 5.41) is 14.3. The zero-order valence-electron chi connectivity index (χ0n) is 27.2. The SMILES string of the molecule is COc1ccc(S(=O)(=O)[N+]2(C(=O)O)CC(Cl)N(c3ccncc3)C(c3ccccc3OC(C)C)C2C2C(=O)Nc3ccccc32)c(OC)c1. The second-order valence-electron chi connectivity index (χ2n) is 12.0. The third kappa shape index (κ3) is 5.61. The van der Waals surface area contributed by atoms with E-state index in [4.69, 9.17) is 25.8 Å². The van der Waals surface area contributed by atoms with Gasteiger partial charge in [-0.2, -0.15) is 13.2 Å². The number of amides is 2. The van der Waals surface area contributed by atoms with E-state index in [9.17, 15) is 14.7 Å². The fraction of sp³-hybridized carbons (Fsp3) is 0.286. The number of pyridine rings is 1. The maximum absolute atomic E-state index is 15.4. The molecule has 2 amide bonds. The van der Waals surface area contributed by atoms with Crippen molar-refractivity contribution in [1.82, 2.24) is 4.98 Å². The molecular formula is C35H36ClN4O8S+. The van der Waals surface area contributed by atoms with E-state index < -0.39 is 60.9 Å². The molecule has 5 atom stereocenters. The van der Waals surface area contributed by atoms with Gasteiger partial charge >= 0.3 is 16.1 Å². The number of carboxylic acid groups (broad SMARTS) is 1. The van der Waals surface area contributed by atoms with E-state index in [1.54, 1.807) is 78.0 Å². The quantitative estimate of drug-likeness (QED) is 0.121. The van der Waals surface area contributed by atoms with Crippen LogP contribution in [0, 0.1) is 0 Å². The Labute approximate surface area is 289 Å². The Hall–Kier alpha value is -4.85. The van der Waals surface area contributed by atoms with Gasteiger partial charge in [0.15, 0.2) is 16.4 Å². The summed E-state index contributed by atoms with van der Waals surface area (Å²) < 4.78 is 46.2. The Balaban J connectivity index is 1.74. The molecule has 5 unspecified atom stereocenters. The van der Waals surface area contributed by atoms with Crippen LogP contribution in [0.2, 0.25) is 0 Å². The molecule has 2 aliphatic rings. The summed E-state index contributed by atoms with van der Waals surface area (Å²) in [4.78, 5) is 33.8. The maximum atomic E-state index is 15.4. The summed E-state index contributed by atoms with van der Waals surface area (Å²) >= 11 is 7.24. The highest BCUT2D eigenvalue weighted by molar-refractivity contribution is 7.86. The Morgan fingerprint density at radius 1 is 0.980 bits per heavy atom. The molecule has 0 spiro atoms. The van der Waals surface area contributed by atoms with Crippen molar-refractivity contribution in [2.24, 2.45) is 0 Å². The van der Waals surface area contributed by atoms with Gasteiger partial charge in [-0.05, 0) is 55.8 Å². The van der Waals surface area contributed by atoms with E-state index in [1.165, 1.54) is 32.4 Å². The zero-order valence-corrected chi connectivity index (χ0v) is 28.8. The number of rotatable bonds is 9. The number of piperazine rings is 1. The number of anilines is 2. The largest absolute Gasteiger partial charge is 0.530 e. The number of para-hydroxylation sites is 2. The maximum Gasteiger partial charge on any atom is 0.530 e. The Morgan fingerprint density at radius 3 is 2.31 bits per heavy atom. The minimum atomic E-state index is -5.01. The van der Waals surface area contributed by atoms with Gasteiger partial charge in [0.25, 0.3) is 0 Å². The molecule has 6 rings (SSSR count). The van der Waals surface area contributed by atoms with Gasteiger partial charge in [0.05, 0.1) is 20.3 Å². The predicted molar refractivity (Wildman–Crippen MR) is 183 cm³/mol. The monoisotopic (exact) mass is 707 g/mol. The number of alkyl halides is 1. The lowest BCUT2D eigenvalue weighted by atomic mass is 9.81. The molecule has 4 aromatic rings. The molecule has 49 heavy (non-hydrogen) atoms. The van der Waals surface area contributed by atoms with Crippen LogP contribution in [0.3, 0.4) is 0 Å². The van der Waals surface area contributed by atoms with Crippen LogP contribution in [-0.2, 0) is 14.8 Å². The molecule has 14 heteroatoms. The highest BCUT2D eigenvalue weighted by Crippen LogP contribution is 2.54. The van der Waals surface area contributed by atoms with E-state index in [-0.39, 0.29) is 11.9 Å². The van der Waals surface area contributed by atoms with Crippen molar-refractivity contribution in [3.63, 3.8) is 0 Å². The number of nitrogens with one attached hydrogen (secondary N) is 1. The standard InChI is InChI=1S/C35H35ClN4O8S/c1-21(2)48-27-12-8-6-10-25(27)32-33(31-24-9-5-7-11-26(24)38-34(31)41)40(35(42)43,20-30(36)39(32)22-15-17-37-18-16-22)49(44,45)29-14-13-23(46-3)19-28(29)47-4/h5-19,21,30-33H,20H2,1-4H3,(H-,38,41,42,43)/p+1. The number of quaternary nitrogens is 1. The van der Waals surface area contributed by atoms with Crippen LogP contribution in [0.1, 0.15) is 36.9 Å². The number of aromatic nitrogens is 1. The molecule has 1 saturated heterocycles. The van der Waals surface area contributed by atoms with Crippen molar-refractivity contribution in [3.05, 3.63) is 102 Å². The first-order chi connectivity index (χ1) is 23.5. The van der Waals surface area contributed by atoms with Gasteiger partial charge in [0.1, 0.15) is 35.8 Å². The van der Waals surface area contributed by atoms with E-state index >= 15 is 8.42 Å². The summed E-state index contributed by atoms with van der Waals surface area (Å²) in [5.74, 6) is -1.28. The zero-order chi connectivity index (χ0) is 35.1. The average Bonchev–Trinajstić information content (AvgIpc) is 3.42. The number of ether oxygens (including phenoxy) is 3. The van der Waals surface area contributed by atoms with Crippen molar-refractivity contribution < 1.29 is 41.2 Å². The van der Waals surface area contributed by atoms with Crippen molar-refractivity contribution >= 4 is 45.0 Å². The van der Waals surface area contributed by atoms with E-state index in [1.807, 2.05) is 13.8 Å². The third-order valence-electron chi connectivity index (χ3n) is 8.97. The van der Waals surface area contributed by atoms with Gasteiger partial charge in [0, 0.05) is 35.4 Å². The number of nitrogens with zero attached hydrogens (tertiary/aromatic N) is 3. The van der Waals surface area contributed by atoms with Gasteiger partial charge < -0.3 is 29.5 Å². The van der Waals surface area contributed by atoms with Crippen molar-refractivity contribution in [2.75, 3.05) is 31.0 Å². The molecule has 0 saturated carbocycles. The number of benzene rings is 3. The van der Waals surface area contributed by atoms with Gasteiger partial charge in [0.2, 0.25) is 5.91 Å². The molecule has 2 aliphatic heterocycles. The van der Waals surface area contributed by atoms with Crippen LogP contribution in [0.4, 0.5) is 16.2 Å². The first-order valence-corrected chi connectivity index (χ1v) is 17.4. The molecule has 3 heterocycles. The van der Waals surface area contributed by atoms with Gasteiger partial charge in [-0.15, -0.1) is 3.89 Å². The van der Waals surface area contributed by atoms with E-state index in [0.717, 1.165) is 0 Å². The Kier molecular flexibility index (Phi) is 9.18. The second kappa shape index (κ2) is 13.2. The third-order valence-corrected chi connectivity index (χ3v) is 11.6. The smallest absolute Gasteiger partial charge is 0.497 e. The summed E-state index contributed by atoms with van der Waals surface area (Å²) in [6, 6.07) is 18.6. The summed E-state index contributed by atoms with van der Waals surface area (Å²) in [5.41, 5.74) is 0.660. The lowest BCUT2D eigenvalue weighted by Crippen LogP contribution is -2.74. The van der Waals surface area contributed by atoms with Crippen LogP contribution in [0.5, 0.6) is 17.2 Å². The molecule has 3 aromatic carbocycles. The summed E-state index contributed by atoms with van der Waals surface area (Å²) in [6.07, 6.45) is 1.11. The lowest BCUT2D eigenvalue weighted by molar-refractivity contribution is -0.769. The number of methoxy groups -OCH3 is 2. The Morgan fingerprint density at radius 2 is 1.65 bits per heavy atom. The first-order valence-electron chi connectivity index (χ1n) is 15.5. The molecule has 2 N–H and O–H groups in total. The van der Waals surface area contributed by atoms with Crippen LogP contribution in [0.25, 0.3) is 0 Å². The molecule has 1 fully saturated rings. The average molecular weight is 708 g/mol. The summed E-state index contributed by atoms with van der Waals surface area (Å²) in [7, 11) is -2.31. The van der Waals surface area contributed by atoms with Crippen molar-refractivity contribution in [2.45, 2.75) is 48.3 Å². The number of hydrogen-bond acceptors (Lipinski definition) is 9. The van der Waals surface area contributed by atoms with Crippen LogP contribution < -0.4 is 24.4 Å². The summed E-state index contributed by atoms with van der Waals surface area (Å²) in [6.45, 7) is 3.04. The minimum Gasteiger partial charge on any atom is -0.497 e. The molecule has 12 nitrogen and oxygen atoms in total. The topological polar surface area (TPSA) is 144 Å². The second-order valence-corrected chi connectivity index (χ2v) is 14.5. The normalized spacial score (nSPS) is 23.5. The van der Waals surface area contributed by atoms with E-state index in [2.05, 4.69) is 10.3 Å². The van der Waals surface area contributed by atoms with Crippen molar-refractivity contribution in [1.29, 1.82) is 0 Å². The number of carbonyl (C=O) groups excluding carboxylic acids is 1. The van der Waals surface area contributed by atoms with Gasteiger partial charge in [-0.1, -0.05) is 48.0 Å². The number of halogens is 1. The minimum absolute atomic E-state index is 0.129. The van der Waals surface area contributed by atoms with E-state index in [0.29, 0.717) is 34.0 Å². The highest BCUT2D eigenvalue weighted by Gasteiger charge is 2.69. The van der Waals surface area contributed by atoms with Gasteiger partial charge in [-0.25, -0.2) is 0 Å². The molecule has 0 aliphatic carbocycles. The van der Waals surface area contributed by atoms with Crippen molar-refractivity contribution in [3.8, 4) is 17.2 Å². The number of fused-ring (bicyclic) bond motifs is 1. The lowest BCUT2D eigenvalue weighted by Gasteiger charge is -2.53. The fourth-order valence-corrected chi connectivity index (χ4v) is 9.61. The van der Waals surface area contributed by atoms with Crippen LogP contribution in [-0.4, -0.2) is 72.8 Å². The first kappa shape index (κ1) is 34.0. The molecular weight excluding hydrogens is 672 g/mol.